The van der Waals surface area contributed by atoms with Crippen molar-refractivity contribution in [2.75, 3.05) is 13.2 Å². The molecule has 0 bridgehead atoms. The second-order valence-corrected chi connectivity index (χ2v) is 11.0. The van der Waals surface area contributed by atoms with Crippen molar-refractivity contribution in [1.29, 1.82) is 0 Å². The number of carbonyl (C=O) groups is 1. The standard InChI is InChI=1S/C25H43NO2/c1-4-28-23(27)26-17-7-9-19-11-13-21-20-12-10-18-8-5-6-15-24(18,2)22(20)14-16-25(19,21)3/h18-22H,4-17H2,1-3H3,(H,26,27). The van der Waals surface area contributed by atoms with Crippen molar-refractivity contribution < 1.29 is 9.53 Å². The predicted molar refractivity (Wildman–Crippen MR) is 114 cm³/mol. The van der Waals surface area contributed by atoms with Crippen LogP contribution in [0.25, 0.3) is 0 Å². The van der Waals surface area contributed by atoms with Crippen LogP contribution in [0.2, 0.25) is 0 Å². The molecule has 4 rings (SSSR count). The van der Waals surface area contributed by atoms with E-state index in [0.29, 0.717) is 17.4 Å². The Bertz CT molecular complexity index is 563. The van der Waals surface area contributed by atoms with Gasteiger partial charge >= 0.3 is 6.09 Å². The molecule has 0 radical (unpaired) electrons. The van der Waals surface area contributed by atoms with Crippen molar-refractivity contribution in [2.24, 2.45) is 40.4 Å². The van der Waals surface area contributed by atoms with Crippen LogP contribution in [0.15, 0.2) is 0 Å². The van der Waals surface area contributed by atoms with Gasteiger partial charge in [0, 0.05) is 6.54 Å². The molecule has 4 aliphatic carbocycles. The molecule has 160 valence electrons. The first-order valence-electron chi connectivity index (χ1n) is 12.4. The highest BCUT2D eigenvalue weighted by atomic mass is 16.5. The van der Waals surface area contributed by atoms with Crippen LogP contribution in [-0.4, -0.2) is 19.2 Å². The first-order valence-corrected chi connectivity index (χ1v) is 12.4. The Hall–Kier alpha value is -0.730. The molecule has 0 heterocycles. The fraction of sp³-hybridized carbons (Fsp3) is 0.960. The highest BCUT2D eigenvalue weighted by Gasteiger charge is 2.59. The quantitative estimate of drug-likeness (QED) is 0.541. The molecule has 28 heavy (non-hydrogen) atoms. The molecule has 7 atom stereocenters. The molecule has 3 nitrogen and oxygen atoms in total. The van der Waals surface area contributed by atoms with E-state index in [0.717, 1.165) is 42.6 Å². The summed E-state index contributed by atoms with van der Waals surface area (Å²) in [6.45, 7) is 8.40. The van der Waals surface area contributed by atoms with Crippen LogP contribution in [0.3, 0.4) is 0 Å². The SMILES string of the molecule is CCOC(=O)NCCCC1CCC2C3CCC4CCCCC4(C)C3CCC12C. The van der Waals surface area contributed by atoms with Crippen molar-refractivity contribution in [3.05, 3.63) is 0 Å². The van der Waals surface area contributed by atoms with Gasteiger partial charge in [0.15, 0.2) is 0 Å². The monoisotopic (exact) mass is 389 g/mol. The summed E-state index contributed by atoms with van der Waals surface area (Å²) in [5, 5.41) is 2.91. The lowest BCUT2D eigenvalue weighted by Gasteiger charge is -2.60. The Balaban J connectivity index is 1.36. The van der Waals surface area contributed by atoms with Gasteiger partial charge in [-0.3, -0.25) is 0 Å². The Morgan fingerprint density at radius 3 is 2.61 bits per heavy atom. The van der Waals surface area contributed by atoms with E-state index in [4.69, 9.17) is 4.74 Å². The maximum Gasteiger partial charge on any atom is 0.407 e. The van der Waals surface area contributed by atoms with Gasteiger partial charge in [0.05, 0.1) is 6.61 Å². The lowest BCUT2D eigenvalue weighted by atomic mass is 9.45. The number of alkyl carbamates (subject to hydrolysis) is 1. The summed E-state index contributed by atoms with van der Waals surface area (Å²) in [7, 11) is 0. The van der Waals surface area contributed by atoms with E-state index < -0.39 is 0 Å². The van der Waals surface area contributed by atoms with Crippen molar-refractivity contribution in [3.63, 3.8) is 0 Å². The van der Waals surface area contributed by atoms with E-state index in [2.05, 4.69) is 19.2 Å². The molecule has 4 fully saturated rings. The summed E-state index contributed by atoms with van der Waals surface area (Å²) in [5.74, 6) is 4.86. The van der Waals surface area contributed by atoms with E-state index in [9.17, 15) is 4.79 Å². The molecule has 4 saturated carbocycles. The third-order valence-corrected chi connectivity index (χ3v) is 10.1. The van der Waals surface area contributed by atoms with Gasteiger partial charge in [-0.05, 0) is 112 Å². The number of rotatable bonds is 5. The normalized spacial score (nSPS) is 44.9. The van der Waals surface area contributed by atoms with Crippen molar-refractivity contribution in [1.82, 2.24) is 5.32 Å². The van der Waals surface area contributed by atoms with Crippen molar-refractivity contribution in [3.8, 4) is 0 Å². The number of hydrogen-bond acceptors (Lipinski definition) is 2. The van der Waals surface area contributed by atoms with Gasteiger partial charge in [-0.25, -0.2) is 4.79 Å². The summed E-state index contributed by atoms with van der Waals surface area (Å²) < 4.78 is 4.98. The zero-order valence-electron chi connectivity index (χ0n) is 18.6. The predicted octanol–water partition coefficient (Wildman–Crippen LogP) is 6.56. The zero-order valence-corrected chi connectivity index (χ0v) is 18.6. The maximum atomic E-state index is 11.5. The van der Waals surface area contributed by atoms with Gasteiger partial charge in [-0.15, -0.1) is 0 Å². The van der Waals surface area contributed by atoms with Crippen LogP contribution < -0.4 is 5.32 Å². The minimum atomic E-state index is -0.254. The lowest BCUT2D eigenvalue weighted by molar-refractivity contribution is -0.111. The molecule has 0 aromatic carbocycles. The Labute approximate surface area is 172 Å². The topological polar surface area (TPSA) is 38.3 Å². The lowest BCUT2D eigenvalue weighted by Crippen LogP contribution is -2.52. The first kappa shape index (κ1) is 20.5. The third kappa shape index (κ3) is 3.49. The molecule has 1 amide bonds. The Morgan fingerprint density at radius 2 is 1.79 bits per heavy atom. The first-order chi connectivity index (χ1) is 13.5. The van der Waals surface area contributed by atoms with E-state index in [-0.39, 0.29) is 6.09 Å². The molecule has 1 N–H and O–H groups in total. The molecular weight excluding hydrogens is 346 g/mol. The molecule has 4 aliphatic rings. The Kier molecular flexibility index (Phi) is 6.00. The van der Waals surface area contributed by atoms with Crippen LogP contribution in [-0.2, 0) is 4.74 Å². The van der Waals surface area contributed by atoms with Gasteiger partial charge in [0.1, 0.15) is 0 Å². The summed E-state index contributed by atoms with van der Waals surface area (Å²) in [6.07, 6.45) is 17.0. The van der Waals surface area contributed by atoms with Crippen LogP contribution >= 0.6 is 0 Å². The minimum Gasteiger partial charge on any atom is -0.450 e. The van der Waals surface area contributed by atoms with Crippen LogP contribution in [0, 0.1) is 40.4 Å². The van der Waals surface area contributed by atoms with Crippen LogP contribution in [0.4, 0.5) is 4.79 Å². The van der Waals surface area contributed by atoms with E-state index >= 15 is 0 Å². The average Bonchev–Trinajstić information content (AvgIpc) is 3.01. The van der Waals surface area contributed by atoms with Crippen LogP contribution in [0.1, 0.15) is 97.8 Å². The second-order valence-electron chi connectivity index (χ2n) is 11.0. The molecule has 0 aliphatic heterocycles. The molecule has 0 saturated heterocycles. The number of carbonyl (C=O) groups excluding carboxylic acids is 1. The highest BCUT2D eigenvalue weighted by molar-refractivity contribution is 5.66. The summed E-state index contributed by atoms with van der Waals surface area (Å²) >= 11 is 0. The number of nitrogens with one attached hydrogen (secondary N) is 1. The van der Waals surface area contributed by atoms with Gasteiger partial charge in [0.25, 0.3) is 0 Å². The van der Waals surface area contributed by atoms with Gasteiger partial charge in [-0.1, -0.05) is 26.7 Å². The van der Waals surface area contributed by atoms with Gasteiger partial charge in [0.2, 0.25) is 0 Å². The maximum absolute atomic E-state index is 11.5. The smallest absolute Gasteiger partial charge is 0.407 e. The summed E-state index contributed by atoms with van der Waals surface area (Å²) in [4.78, 5) is 11.5. The molecule has 7 unspecified atom stereocenters. The minimum absolute atomic E-state index is 0.254. The molecule has 0 aromatic rings. The third-order valence-electron chi connectivity index (χ3n) is 10.1. The zero-order chi connectivity index (χ0) is 19.8. The highest BCUT2D eigenvalue weighted by Crippen LogP contribution is 2.67. The number of fused-ring (bicyclic) bond motifs is 5. The number of hydrogen-bond donors (Lipinski definition) is 1. The van der Waals surface area contributed by atoms with E-state index in [1.54, 1.807) is 0 Å². The number of amides is 1. The molecule has 0 spiro atoms. The fourth-order valence-electron chi connectivity index (χ4n) is 8.60. The molecule has 3 heteroatoms. The van der Waals surface area contributed by atoms with Crippen molar-refractivity contribution >= 4 is 6.09 Å². The van der Waals surface area contributed by atoms with Gasteiger partial charge in [-0.2, -0.15) is 0 Å². The molecular formula is C25H43NO2. The number of ether oxygens (including phenoxy) is 1. The van der Waals surface area contributed by atoms with E-state index in [1.165, 1.54) is 70.6 Å². The summed E-state index contributed by atoms with van der Waals surface area (Å²) in [5.41, 5.74) is 1.22. The fourth-order valence-corrected chi connectivity index (χ4v) is 8.60. The van der Waals surface area contributed by atoms with E-state index in [1.807, 2.05) is 6.92 Å². The second kappa shape index (κ2) is 8.19. The van der Waals surface area contributed by atoms with Crippen molar-refractivity contribution in [2.45, 2.75) is 97.8 Å². The molecule has 0 aromatic heterocycles. The average molecular weight is 390 g/mol. The van der Waals surface area contributed by atoms with Crippen LogP contribution in [0.5, 0.6) is 0 Å². The Morgan fingerprint density at radius 1 is 0.964 bits per heavy atom. The largest absolute Gasteiger partial charge is 0.450 e. The summed E-state index contributed by atoms with van der Waals surface area (Å²) in [6, 6.07) is 0. The van der Waals surface area contributed by atoms with Gasteiger partial charge < -0.3 is 10.1 Å².